The van der Waals surface area contributed by atoms with E-state index in [4.69, 9.17) is 4.74 Å². The highest BCUT2D eigenvalue weighted by Gasteiger charge is 2.12. The zero-order valence-corrected chi connectivity index (χ0v) is 17.0. The lowest BCUT2D eigenvalue weighted by atomic mass is 10.0. The van der Waals surface area contributed by atoms with Gasteiger partial charge < -0.3 is 15.4 Å². The predicted octanol–water partition coefficient (Wildman–Crippen LogP) is 4.84. The highest BCUT2D eigenvalue weighted by molar-refractivity contribution is 6.05. The van der Waals surface area contributed by atoms with Crippen LogP contribution in [0.3, 0.4) is 0 Å². The molecule has 0 aliphatic rings. The van der Waals surface area contributed by atoms with Gasteiger partial charge in [0.05, 0.1) is 18.3 Å². The monoisotopic (exact) mass is 415 g/mol. The number of carbonyl (C=O) groups is 2. The molecule has 0 unspecified atom stereocenters. The summed E-state index contributed by atoms with van der Waals surface area (Å²) in [6, 6.07) is 20.1. The molecule has 3 amide bonds. The zero-order valence-electron chi connectivity index (χ0n) is 17.0. The van der Waals surface area contributed by atoms with E-state index in [1.54, 1.807) is 19.2 Å². The lowest BCUT2D eigenvalue weighted by molar-refractivity contribution is -0.114. The van der Waals surface area contributed by atoms with Gasteiger partial charge in [0.25, 0.3) is 0 Å². The van der Waals surface area contributed by atoms with Gasteiger partial charge in [-0.25, -0.2) is 4.79 Å². The molecule has 0 radical (unpaired) electrons. The summed E-state index contributed by atoms with van der Waals surface area (Å²) in [7, 11) is 1.54. The van der Waals surface area contributed by atoms with E-state index in [9.17, 15) is 9.59 Å². The third-order valence-corrected chi connectivity index (χ3v) is 4.67. The Morgan fingerprint density at radius 1 is 0.903 bits per heavy atom. The minimum atomic E-state index is -0.426. The number of methoxy groups -OCH3 is 1. The van der Waals surface area contributed by atoms with Crippen molar-refractivity contribution >= 4 is 40.0 Å². The third kappa shape index (κ3) is 4.48. The van der Waals surface area contributed by atoms with Crippen molar-refractivity contribution in [2.75, 3.05) is 23.1 Å². The number of carbonyl (C=O) groups excluding carboxylic acids is 2. The number of rotatable bonds is 5. The summed E-state index contributed by atoms with van der Waals surface area (Å²) in [5, 5.41) is 16.3. The number of urea groups is 1. The van der Waals surface area contributed by atoms with Gasteiger partial charge in [-0.2, -0.15) is 5.10 Å². The van der Waals surface area contributed by atoms with Crippen LogP contribution in [0.1, 0.15) is 6.92 Å². The fourth-order valence-corrected chi connectivity index (χ4v) is 3.28. The van der Waals surface area contributed by atoms with Gasteiger partial charge in [-0.15, -0.1) is 0 Å². The highest BCUT2D eigenvalue weighted by Crippen LogP contribution is 2.29. The van der Waals surface area contributed by atoms with E-state index < -0.39 is 6.03 Å². The Kier molecular flexibility index (Phi) is 5.53. The van der Waals surface area contributed by atoms with Crippen LogP contribution < -0.4 is 20.7 Å². The van der Waals surface area contributed by atoms with E-state index in [0.29, 0.717) is 17.3 Å². The van der Waals surface area contributed by atoms with Gasteiger partial charge in [0.2, 0.25) is 5.91 Å². The van der Waals surface area contributed by atoms with Crippen LogP contribution >= 0.6 is 0 Å². The zero-order chi connectivity index (χ0) is 21.8. The number of aromatic nitrogens is 2. The maximum absolute atomic E-state index is 12.4. The van der Waals surface area contributed by atoms with Crippen LogP contribution in [0, 0.1) is 0 Å². The summed E-state index contributed by atoms with van der Waals surface area (Å²) in [4.78, 5) is 23.7. The molecule has 1 aromatic heterocycles. The third-order valence-electron chi connectivity index (χ3n) is 4.67. The second-order valence-corrected chi connectivity index (χ2v) is 6.87. The number of nitrogens with zero attached hydrogens (tertiary/aromatic N) is 1. The molecule has 4 aromatic rings. The molecule has 0 aliphatic heterocycles. The van der Waals surface area contributed by atoms with Crippen LogP contribution in [-0.4, -0.2) is 29.2 Å². The van der Waals surface area contributed by atoms with Crippen LogP contribution in [-0.2, 0) is 4.79 Å². The Balaban J connectivity index is 1.54. The summed E-state index contributed by atoms with van der Waals surface area (Å²) in [6.45, 7) is 1.47. The van der Waals surface area contributed by atoms with Gasteiger partial charge in [0.1, 0.15) is 5.75 Å². The normalized spacial score (nSPS) is 10.5. The Morgan fingerprint density at radius 3 is 2.52 bits per heavy atom. The molecule has 0 spiro atoms. The summed E-state index contributed by atoms with van der Waals surface area (Å²) in [5.74, 6) is 0.861. The van der Waals surface area contributed by atoms with Crippen LogP contribution in [0.5, 0.6) is 5.75 Å². The molecule has 156 valence electrons. The van der Waals surface area contributed by atoms with Crippen molar-refractivity contribution in [2.45, 2.75) is 6.92 Å². The van der Waals surface area contributed by atoms with E-state index in [-0.39, 0.29) is 5.91 Å². The van der Waals surface area contributed by atoms with Gasteiger partial charge in [-0.05, 0) is 47.5 Å². The van der Waals surface area contributed by atoms with Crippen molar-refractivity contribution < 1.29 is 14.3 Å². The van der Waals surface area contributed by atoms with Crippen molar-refractivity contribution in [3.05, 3.63) is 66.7 Å². The number of benzene rings is 3. The molecular weight excluding hydrogens is 394 g/mol. The molecule has 0 atom stereocenters. The number of H-pyrrole nitrogens is 1. The van der Waals surface area contributed by atoms with Crippen molar-refractivity contribution in [1.82, 2.24) is 10.2 Å². The lowest BCUT2D eigenvalue weighted by Gasteiger charge is -2.10. The second-order valence-electron chi connectivity index (χ2n) is 6.87. The van der Waals surface area contributed by atoms with Crippen molar-refractivity contribution in [2.24, 2.45) is 0 Å². The molecule has 8 heteroatoms. The summed E-state index contributed by atoms with van der Waals surface area (Å²) < 4.78 is 5.25. The SMILES string of the molecule is COc1ccccc1NC(=O)Nc1n[nH]c2cc(-c3cccc(NC(C)=O)c3)ccc12. The van der Waals surface area contributed by atoms with Crippen molar-refractivity contribution in [3.8, 4) is 16.9 Å². The first-order chi connectivity index (χ1) is 15.0. The number of hydrogen-bond acceptors (Lipinski definition) is 4. The molecule has 3 aromatic carbocycles. The van der Waals surface area contributed by atoms with Crippen LogP contribution in [0.15, 0.2) is 66.7 Å². The Hall–Kier alpha value is -4.33. The van der Waals surface area contributed by atoms with E-state index in [1.807, 2.05) is 54.6 Å². The summed E-state index contributed by atoms with van der Waals surface area (Å²) in [6.07, 6.45) is 0. The molecule has 0 aliphatic carbocycles. The Bertz CT molecular complexity index is 1270. The molecule has 31 heavy (non-hydrogen) atoms. The van der Waals surface area contributed by atoms with Gasteiger partial charge in [0.15, 0.2) is 5.82 Å². The quantitative estimate of drug-likeness (QED) is 0.374. The maximum Gasteiger partial charge on any atom is 0.325 e. The first-order valence-corrected chi connectivity index (χ1v) is 9.60. The molecule has 0 bridgehead atoms. The van der Waals surface area contributed by atoms with E-state index in [1.165, 1.54) is 6.92 Å². The predicted molar refractivity (Wildman–Crippen MR) is 121 cm³/mol. The Labute approximate surface area is 178 Å². The summed E-state index contributed by atoms with van der Waals surface area (Å²) >= 11 is 0. The molecule has 8 nitrogen and oxygen atoms in total. The van der Waals surface area contributed by atoms with E-state index >= 15 is 0 Å². The van der Waals surface area contributed by atoms with Crippen molar-refractivity contribution in [3.63, 3.8) is 0 Å². The fraction of sp³-hybridized carbons (Fsp3) is 0.0870. The maximum atomic E-state index is 12.4. The standard InChI is InChI=1S/C23H21N5O3/c1-14(29)24-17-7-5-6-15(12-17)16-10-11-18-20(13-16)27-28-22(18)26-23(30)25-19-8-3-4-9-21(19)31-2/h3-13H,1-2H3,(H,24,29)(H3,25,26,27,28,30). The minimum absolute atomic E-state index is 0.122. The lowest BCUT2D eigenvalue weighted by Crippen LogP contribution is -2.20. The van der Waals surface area contributed by atoms with Gasteiger partial charge in [-0.3, -0.25) is 15.2 Å². The van der Waals surface area contributed by atoms with Crippen LogP contribution in [0.4, 0.5) is 22.0 Å². The molecule has 1 heterocycles. The van der Waals surface area contributed by atoms with E-state index in [0.717, 1.165) is 27.7 Å². The average Bonchev–Trinajstić information content (AvgIpc) is 3.15. The van der Waals surface area contributed by atoms with Gasteiger partial charge >= 0.3 is 6.03 Å². The number of para-hydroxylation sites is 2. The topological polar surface area (TPSA) is 108 Å². The van der Waals surface area contributed by atoms with Gasteiger partial charge in [0, 0.05) is 18.0 Å². The second kappa shape index (κ2) is 8.58. The minimum Gasteiger partial charge on any atom is -0.495 e. The molecule has 0 saturated carbocycles. The molecule has 0 fully saturated rings. The largest absolute Gasteiger partial charge is 0.495 e. The molecular formula is C23H21N5O3. The van der Waals surface area contributed by atoms with Crippen molar-refractivity contribution in [1.29, 1.82) is 0 Å². The number of amides is 3. The number of hydrogen-bond donors (Lipinski definition) is 4. The highest BCUT2D eigenvalue weighted by atomic mass is 16.5. The average molecular weight is 415 g/mol. The van der Waals surface area contributed by atoms with Crippen LogP contribution in [0.25, 0.3) is 22.0 Å². The fourth-order valence-electron chi connectivity index (χ4n) is 3.28. The summed E-state index contributed by atoms with van der Waals surface area (Å²) in [5.41, 5.74) is 3.96. The van der Waals surface area contributed by atoms with E-state index in [2.05, 4.69) is 26.1 Å². The Morgan fingerprint density at radius 2 is 1.71 bits per heavy atom. The van der Waals surface area contributed by atoms with Gasteiger partial charge in [-0.1, -0.05) is 30.3 Å². The van der Waals surface area contributed by atoms with Crippen LogP contribution in [0.2, 0.25) is 0 Å². The first kappa shape index (κ1) is 20.0. The first-order valence-electron chi connectivity index (χ1n) is 9.60. The molecule has 0 saturated heterocycles. The molecule has 4 rings (SSSR count). The number of anilines is 3. The number of aromatic amines is 1. The number of fused-ring (bicyclic) bond motifs is 1. The smallest absolute Gasteiger partial charge is 0.325 e. The molecule has 4 N–H and O–H groups in total. The number of ether oxygens (including phenoxy) is 1. The number of nitrogens with one attached hydrogen (secondary N) is 4.